The fourth-order valence-electron chi connectivity index (χ4n) is 2.47. The smallest absolute Gasteiger partial charge is 0.247 e. The van der Waals surface area contributed by atoms with Crippen molar-refractivity contribution in [2.45, 2.75) is 25.7 Å². The largest absolute Gasteiger partial charge is 0.492 e. The fourth-order valence-corrected chi connectivity index (χ4v) is 3.99. The van der Waals surface area contributed by atoms with Crippen LogP contribution in [0.3, 0.4) is 0 Å². The van der Waals surface area contributed by atoms with Gasteiger partial charge in [0.25, 0.3) is 0 Å². The quantitative estimate of drug-likeness (QED) is 0.756. The van der Waals surface area contributed by atoms with Crippen LogP contribution in [0.25, 0.3) is 0 Å². The van der Waals surface area contributed by atoms with Crippen LogP contribution in [0.2, 0.25) is 5.02 Å². The van der Waals surface area contributed by atoms with E-state index in [9.17, 15) is 13.2 Å². The third-order valence-corrected chi connectivity index (χ3v) is 5.99. The number of benzene rings is 2. The van der Waals surface area contributed by atoms with Crippen molar-refractivity contribution in [2.75, 3.05) is 25.5 Å². The van der Waals surface area contributed by atoms with E-state index < -0.39 is 15.9 Å². The molecule has 0 aliphatic heterocycles. The van der Waals surface area contributed by atoms with Crippen molar-refractivity contribution in [1.29, 1.82) is 0 Å². The van der Waals surface area contributed by atoms with Crippen LogP contribution in [0, 0.1) is 13.8 Å². The maximum Gasteiger partial charge on any atom is 0.247 e. The van der Waals surface area contributed by atoms with Gasteiger partial charge in [-0.05, 0) is 56.2 Å². The summed E-state index contributed by atoms with van der Waals surface area (Å²) in [6.45, 7) is 5.51. The number of hydrogen-bond acceptors (Lipinski definition) is 4. The molecule has 0 aliphatic carbocycles. The first-order chi connectivity index (χ1) is 12.6. The molecule has 8 heteroatoms. The highest BCUT2D eigenvalue weighted by Gasteiger charge is 2.27. The second kappa shape index (κ2) is 8.73. The Kier molecular flexibility index (Phi) is 6.86. The van der Waals surface area contributed by atoms with E-state index in [1.807, 2.05) is 32.0 Å². The first-order valence-corrected chi connectivity index (χ1v) is 10.2. The number of halogens is 1. The highest BCUT2D eigenvalue weighted by Crippen LogP contribution is 2.29. The van der Waals surface area contributed by atoms with E-state index in [0.717, 1.165) is 15.4 Å². The Hall–Kier alpha value is -2.09. The van der Waals surface area contributed by atoms with Gasteiger partial charge in [0.05, 0.1) is 13.2 Å². The number of nitrogens with one attached hydrogen (secondary N) is 1. The zero-order valence-electron chi connectivity index (χ0n) is 15.7. The first kappa shape index (κ1) is 21.2. The molecule has 1 amide bonds. The zero-order valence-corrected chi connectivity index (χ0v) is 17.3. The van der Waals surface area contributed by atoms with Crippen LogP contribution >= 0.6 is 11.6 Å². The van der Waals surface area contributed by atoms with Gasteiger partial charge in [-0.25, -0.2) is 8.42 Å². The van der Waals surface area contributed by atoms with Crippen LogP contribution in [0.15, 0.2) is 41.3 Å². The Morgan fingerprint density at radius 2 is 1.89 bits per heavy atom. The number of carbonyl (C=O) groups is 1. The molecule has 0 bridgehead atoms. The zero-order chi connectivity index (χ0) is 20.2. The van der Waals surface area contributed by atoms with E-state index in [0.29, 0.717) is 12.3 Å². The molecule has 6 nitrogen and oxygen atoms in total. The van der Waals surface area contributed by atoms with E-state index in [1.165, 1.54) is 19.2 Å². The summed E-state index contributed by atoms with van der Waals surface area (Å²) in [5.41, 5.74) is 2.55. The summed E-state index contributed by atoms with van der Waals surface area (Å²) in [4.78, 5) is 12.3. The monoisotopic (exact) mass is 410 g/mol. The number of rotatable bonds is 7. The molecule has 146 valence electrons. The molecule has 2 aromatic rings. The lowest BCUT2D eigenvalue weighted by atomic mass is 10.1. The summed E-state index contributed by atoms with van der Waals surface area (Å²) in [6.07, 6.45) is 0. The molecule has 0 unspecified atom stereocenters. The highest BCUT2D eigenvalue weighted by molar-refractivity contribution is 7.89. The third-order valence-electron chi connectivity index (χ3n) is 3.93. The molecule has 0 spiro atoms. The summed E-state index contributed by atoms with van der Waals surface area (Å²) in [5, 5.41) is 3.02. The van der Waals surface area contributed by atoms with Gasteiger partial charge >= 0.3 is 0 Å². The van der Waals surface area contributed by atoms with E-state index >= 15 is 0 Å². The lowest BCUT2D eigenvalue weighted by Gasteiger charge is -2.19. The molecule has 0 saturated heterocycles. The molecule has 0 aromatic heterocycles. The maximum atomic E-state index is 12.9. The summed E-state index contributed by atoms with van der Waals surface area (Å²) in [7, 11) is -2.62. The number of amides is 1. The van der Waals surface area contributed by atoms with Crippen LogP contribution in [-0.4, -0.2) is 38.8 Å². The van der Waals surface area contributed by atoms with Crippen molar-refractivity contribution in [1.82, 2.24) is 4.31 Å². The molecule has 0 fully saturated rings. The van der Waals surface area contributed by atoms with E-state index in [-0.39, 0.29) is 22.2 Å². The average Bonchev–Trinajstić information content (AvgIpc) is 2.59. The van der Waals surface area contributed by atoms with Crippen LogP contribution < -0.4 is 10.1 Å². The van der Waals surface area contributed by atoms with Gasteiger partial charge in [-0.3, -0.25) is 4.79 Å². The predicted molar refractivity (Wildman–Crippen MR) is 107 cm³/mol. The van der Waals surface area contributed by atoms with Crippen molar-refractivity contribution in [3.05, 3.63) is 52.5 Å². The van der Waals surface area contributed by atoms with Crippen molar-refractivity contribution in [2.24, 2.45) is 0 Å². The van der Waals surface area contributed by atoms with Gasteiger partial charge in [0.15, 0.2) is 0 Å². The van der Waals surface area contributed by atoms with Crippen molar-refractivity contribution >= 4 is 33.2 Å². The second-order valence-corrected chi connectivity index (χ2v) is 8.60. The number of anilines is 1. The van der Waals surface area contributed by atoms with Gasteiger partial charge in [-0.1, -0.05) is 23.7 Å². The van der Waals surface area contributed by atoms with Gasteiger partial charge in [-0.15, -0.1) is 0 Å². The summed E-state index contributed by atoms with van der Waals surface area (Å²) >= 11 is 5.96. The topological polar surface area (TPSA) is 75.7 Å². The molecule has 0 saturated carbocycles. The first-order valence-electron chi connectivity index (χ1n) is 8.41. The van der Waals surface area contributed by atoms with Crippen molar-refractivity contribution in [3.8, 4) is 5.75 Å². The summed E-state index contributed by atoms with van der Waals surface area (Å²) in [5.74, 6) is -0.238. The van der Waals surface area contributed by atoms with Crippen LogP contribution in [0.1, 0.15) is 18.1 Å². The Bertz CT molecular complexity index is 945. The van der Waals surface area contributed by atoms with Crippen molar-refractivity contribution in [3.63, 3.8) is 0 Å². The SMILES string of the molecule is CCOc1ccc(Cl)cc1S(=O)(=O)N(C)CC(=O)Nc1cc(C)ccc1C. The number of aryl methyl sites for hydroxylation is 2. The number of carbonyl (C=O) groups excluding carboxylic acids is 1. The maximum absolute atomic E-state index is 12.9. The van der Waals surface area contributed by atoms with E-state index in [4.69, 9.17) is 16.3 Å². The van der Waals surface area contributed by atoms with Crippen LogP contribution in [-0.2, 0) is 14.8 Å². The fraction of sp³-hybridized carbons (Fsp3) is 0.316. The summed E-state index contributed by atoms with van der Waals surface area (Å²) < 4.78 is 32.2. The Morgan fingerprint density at radius 3 is 2.56 bits per heavy atom. The molecule has 0 radical (unpaired) electrons. The third kappa shape index (κ3) is 5.22. The minimum atomic E-state index is -3.96. The molecular weight excluding hydrogens is 388 g/mol. The average molecular weight is 411 g/mol. The normalized spacial score (nSPS) is 11.5. The minimum Gasteiger partial charge on any atom is -0.492 e. The number of likely N-dealkylation sites (N-methyl/N-ethyl adjacent to an activating group) is 1. The van der Waals surface area contributed by atoms with E-state index in [2.05, 4.69) is 5.32 Å². The number of sulfonamides is 1. The van der Waals surface area contributed by atoms with Crippen LogP contribution in [0.5, 0.6) is 5.75 Å². The number of ether oxygens (including phenoxy) is 1. The Labute approximate surface area is 165 Å². The lowest BCUT2D eigenvalue weighted by molar-refractivity contribution is -0.116. The van der Waals surface area contributed by atoms with Gasteiger partial charge in [0, 0.05) is 17.8 Å². The summed E-state index contributed by atoms with van der Waals surface area (Å²) in [6, 6.07) is 10.1. The molecule has 0 atom stereocenters. The Balaban J connectivity index is 2.21. The lowest BCUT2D eigenvalue weighted by Crippen LogP contribution is -2.35. The minimum absolute atomic E-state index is 0.0705. The molecule has 2 aromatic carbocycles. The number of hydrogen-bond donors (Lipinski definition) is 1. The molecule has 1 N–H and O–H groups in total. The van der Waals surface area contributed by atoms with Gasteiger partial charge in [-0.2, -0.15) is 4.31 Å². The predicted octanol–water partition coefficient (Wildman–Crippen LogP) is 3.61. The van der Waals surface area contributed by atoms with Gasteiger partial charge in [0.1, 0.15) is 10.6 Å². The second-order valence-electron chi connectivity index (χ2n) is 6.15. The molecular formula is C19H23ClN2O4S. The van der Waals surface area contributed by atoms with Gasteiger partial charge < -0.3 is 10.1 Å². The number of nitrogens with zero attached hydrogens (tertiary/aromatic N) is 1. The molecule has 27 heavy (non-hydrogen) atoms. The van der Waals surface area contributed by atoms with Crippen molar-refractivity contribution < 1.29 is 17.9 Å². The molecule has 0 aliphatic rings. The van der Waals surface area contributed by atoms with Gasteiger partial charge in [0.2, 0.25) is 15.9 Å². The Morgan fingerprint density at radius 1 is 1.19 bits per heavy atom. The molecule has 0 heterocycles. The standard InChI is InChI=1S/C19H23ClN2O4S/c1-5-26-17-9-8-15(20)11-18(17)27(24,25)22(4)12-19(23)21-16-10-13(2)6-7-14(16)3/h6-11H,5,12H2,1-4H3,(H,21,23). The van der Waals surface area contributed by atoms with Crippen LogP contribution in [0.4, 0.5) is 5.69 Å². The highest BCUT2D eigenvalue weighted by atomic mass is 35.5. The van der Waals surface area contributed by atoms with E-state index in [1.54, 1.807) is 13.0 Å². The molecule has 2 rings (SSSR count).